The van der Waals surface area contributed by atoms with Crippen molar-refractivity contribution >= 4 is 11.6 Å². The number of amides is 1. The van der Waals surface area contributed by atoms with Crippen LogP contribution in [0.25, 0.3) is 0 Å². The molecule has 3 heteroatoms. The fourth-order valence-corrected chi connectivity index (χ4v) is 2.83. The Bertz CT molecular complexity index is 442. The molecule has 3 nitrogen and oxygen atoms in total. The summed E-state index contributed by atoms with van der Waals surface area (Å²) < 4.78 is 0. The topological polar surface area (TPSA) is 40.5 Å². The Morgan fingerprint density at radius 3 is 2.79 bits per heavy atom. The Balaban J connectivity index is 2.01. The maximum atomic E-state index is 11.7. The SMILES string of the molecule is CC(=O)N1CCc2cccc(CCCCCCO)c21. The molecule has 0 fully saturated rings. The number of hydrogen-bond acceptors (Lipinski definition) is 2. The molecule has 1 aliphatic heterocycles. The van der Waals surface area contributed by atoms with Crippen LogP contribution in [0.3, 0.4) is 0 Å². The van der Waals surface area contributed by atoms with Gasteiger partial charge < -0.3 is 10.0 Å². The summed E-state index contributed by atoms with van der Waals surface area (Å²) in [6.07, 6.45) is 6.26. The summed E-state index contributed by atoms with van der Waals surface area (Å²) in [5, 5.41) is 8.76. The minimum atomic E-state index is 0.145. The van der Waals surface area contributed by atoms with Gasteiger partial charge in [0.05, 0.1) is 5.69 Å². The lowest BCUT2D eigenvalue weighted by Crippen LogP contribution is -2.26. The number of para-hydroxylation sites is 1. The smallest absolute Gasteiger partial charge is 0.223 e. The second-order valence-corrected chi connectivity index (χ2v) is 5.23. The summed E-state index contributed by atoms with van der Waals surface area (Å²) in [6.45, 7) is 2.76. The summed E-state index contributed by atoms with van der Waals surface area (Å²) in [7, 11) is 0. The lowest BCUT2D eigenvalue weighted by Gasteiger charge is -2.18. The number of carbonyl (C=O) groups excluding carboxylic acids is 1. The van der Waals surface area contributed by atoms with Gasteiger partial charge in [0.2, 0.25) is 5.91 Å². The molecule has 0 radical (unpaired) electrons. The van der Waals surface area contributed by atoms with Crippen LogP contribution in [0.2, 0.25) is 0 Å². The van der Waals surface area contributed by atoms with Crippen LogP contribution in [0.4, 0.5) is 5.69 Å². The fourth-order valence-electron chi connectivity index (χ4n) is 2.83. The van der Waals surface area contributed by atoms with E-state index in [-0.39, 0.29) is 5.91 Å². The van der Waals surface area contributed by atoms with E-state index < -0.39 is 0 Å². The third-order valence-corrected chi connectivity index (χ3v) is 3.81. The first-order valence-corrected chi connectivity index (χ1v) is 7.23. The van der Waals surface area contributed by atoms with Crippen molar-refractivity contribution in [3.05, 3.63) is 29.3 Å². The van der Waals surface area contributed by atoms with Gasteiger partial charge in [0, 0.05) is 20.1 Å². The maximum Gasteiger partial charge on any atom is 0.223 e. The van der Waals surface area contributed by atoms with E-state index in [9.17, 15) is 4.79 Å². The Morgan fingerprint density at radius 1 is 1.26 bits per heavy atom. The third kappa shape index (κ3) is 3.35. The van der Waals surface area contributed by atoms with Gasteiger partial charge in [-0.1, -0.05) is 31.0 Å². The first-order chi connectivity index (χ1) is 9.24. The van der Waals surface area contributed by atoms with Gasteiger partial charge in [-0.2, -0.15) is 0 Å². The third-order valence-electron chi connectivity index (χ3n) is 3.81. The molecular weight excluding hydrogens is 238 g/mol. The van der Waals surface area contributed by atoms with Crippen molar-refractivity contribution in [1.82, 2.24) is 0 Å². The number of aryl methyl sites for hydroxylation is 1. The second kappa shape index (κ2) is 6.71. The van der Waals surface area contributed by atoms with Crippen LogP contribution >= 0.6 is 0 Å². The molecule has 1 heterocycles. The van der Waals surface area contributed by atoms with Crippen LogP contribution in [0.5, 0.6) is 0 Å². The number of anilines is 1. The van der Waals surface area contributed by atoms with E-state index in [4.69, 9.17) is 5.11 Å². The zero-order valence-electron chi connectivity index (χ0n) is 11.7. The molecular formula is C16H23NO2. The van der Waals surface area contributed by atoms with E-state index in [0.29, 0.717) is 6.61 Å². The highest BCUT2D eigenvalue weighted by Crippen LogP contribution is 2.32. The molecule has 2 rings (SSSR count). The van der Waals surface area contributed by atoms with Crippen LogP contribution in [0, 0.1) is 0 Å². The zero-order valence-corrected chi connectivity index (χ0v) is 11.7. The quantitative estimate of drug-likeness (QED) is 0.800. The fraction of sp³-hybridized carbons (Fsp3) is 0.562. The Hall–Kier alpha value is -1.35. The maximum absolute atomic E-state index is 11.7. The van der Waals surface area contributed by atoms with Crippen molar-refractivity contribution < 1.29 is 9.90 Å². The van der Waals surface area contributed by atoms with E-state index in [1.54, 1.807) is 6.92 Å². The minimum Gasteiger partial charge on any atom is -0.396 e. The molecule has 0 aliphatic carbocycles. The Labute approximate surface area is 115 Å². The summed E-state index contributed by atoms with van der Waals surface area (Å²) in [4.78, 5) is 13.6. The monoisotopic (exact) mass is 261 g/mol. The number of carbonyl (C=O) groups is 1. The molecule has 0 bridgehead atoms. The second-order valence-electron chi connectivity index (χ2n) is 5.23. The number of aliphatic hydroxyl groups is 1. The number of benzene rings is 1. The van der Waals surface area contributed by atoms with Crippen LogP contribution in [0.15, 0.2) is 18.2 Å². The number of nitrogens with zero attached hydrogens (tertiary/aromatic N) is 1. The van der Waals surface area contributed by atoms with Gasteiger partial charge in [0.25, 0.3) is 0 Å². The van der Waals surface area contributed by atoms with E-state index in [1.807, 2.05) is 4.90 Å². The molecule has 1 aliphatic rings. The number of aliphatic hydroxyl groups excluding tert-OH is 1. The molecule has 0 unspecified atom stereocenters. The molecule has 1 aromatic carbocycles. The van der Waals surface area contributed by atoms with E-state index >= 15 is 0 Å². The Morgan fingerprint density at radius 2 is 2.05 bits per heavy atom. The van der Waals surface area contributed by atoms with E-state index in [0.717, 1.165) is 50.8 Å². The van der Waals surface area contributed by atoms with Crippen LogP contribution < -0.4 is 4.90 Å². The lowest BCUT2D eigenvalue weighted by molar-refractivity contribution is -0.116. The molecule has 0 aromatic heterocycles. The first-order valence-electron chi connectivity index (χ1n) is 7.23. The lowest BCUT2D eigenvalue weighted by atomic mass is 10.0. The summed E-state index contributed by atoms with van der Waals surface area (Å²) in [5.41, 5.74) is 3.77. The van der Waals surface area contributed by atoms with Crippen molar-refractivity contribution in [2.45, 2.75) is 45.4 Å². The van der Waals surface area contributed by atoms with Gasteiger partial charge in [-0.3, -0.25) is 4.79 Å². The van der Waals surface area contributed by atoms with Gasteiger partial charge in [-0.15, -0.1) is 0 Å². The summed E-state index contributed by atoms with van der Waals surface area (Å²) >= 11 is 0. The van der Waals surface area contributed by atoms with Gasteiger partial charge in [-0.05, 0) is 36.8 Å². The van der Waals surface area contributed by atoms with Crippen LogP contribution in [0.1, 0.15) is 43.7 Å². The molecule has 1 amide bonds. The number of fused-ring (bicyclic) bond motifs is 1. The molecule has 19 heavy (non-hydrogen) atoms. The van der Waals surface area contributed by atoms with Gasteiger partial charge in [0.15, 0.2) is 0 Å². The average Bonchev–Trinajstić information content (AvgIpc) is 2.83. The van der Waals surface area contributed by atoms with Crippen molar-refractivity contribution in [2.24, 2.45) is 0 Å². The largest absolute Gasteiger partial charge is 0.396 e. The number of hydrogen-bond donors (Lipinski definition) is 1. The average molecular weight is 261 g/mol. The van der Waals surface area contributed by atoms with E-state index in [2.05, 4.69) is 18.2 Å². The molecule has 0 spiro atoms. The minimum absolute atomic E-state index is 0.145. The van der Waals surface area contributed by atoms with Crippen LogP contribution in [-0.2, 0) is 17.6 Å². The molecule has 0 saturated heterocycles. The predicted molar refractivity (Wildman–Crippen MR) is 77.4 cm³/mol. The predicted octanol–water partition coefficient (Wildman–Crippen LogP) is 2.69. The molecule has 0 saturated carbocycles. The van der Waals surface area contributed by atoms with Crippen molar-refractivity contribution in [3.8, 4) is 0 Å². The van der Waals surface area contributed by atoms with Gasteiger partial charge >= 0.3 is 0 Å². The molecule has 1 N–H and O–H groups in total. The van der Waals surface area contributed by atoms with E-state index in [1.165, 1.54) is 11.1 Å². The van der Waals surface area contributed by atoms with Crippen molar-refractivity contribution in [3.63, 3.8) is 0 Å². The van der Waals surface area contributed by atoms with Crippen molar-refractivity contribution in [2.75, 3.05) is 18.1 Å². The highest BCUT2D eigenvalue weighted by Gasteiger charge is 2.24. The van der Waals surface area contributed by atoms with Gasteiger partial charge in [0.1, 0.15) is 0 Å². The summed E-state index contributed by atoms with van der Waals surface area (Å²) in [6, 6.07) is 6.38. The van der Waals surface area contributed by atoms with Crippen LogP contribution in [-0.4, -0.2) is 24.2 Å². The zero-order chi connectivity index (χ0) is 13.7. The normalized spacial score (nSPS) is 13.7. The highest BCUT2D eigenvalue weighted by atomic mass is 16.2. The number of rotatable bonds is 6. The number of unbranched alkanes of at least 4 members (excludes halogenated alkanes) is 3. The highest BCUT2D eigenvalue weighted by molar-refractivity contribution is 5.94. The standard InChI is InChI=1S/C16H23NO2/c1-13(19)17-11-10-15-9-6-8-14(16(15)17)7-4-2-3-5-12-18/h6,8-9,18H,2-5,7,10-12H2,1H3. The molecule has 104 valence electrons. The Kier molecular flexibility index (Phi) is 4.97. The molecule has 1 aromatic rings. The van der Waals surface area contributed by atoms with Gasteiger partial charge in [-0.25, -0.2) is 0 Å². The molecule has 0 atom stereocenters. The first kappa shape index (κ1) is 14.1. The van der Waals surface area contributed by atoms with Crippen molar-refractivity contribution in [1.29, 1.82) is 0 Å². The summed E-state index contributed by atoms with van der Waals surface area (Å²) in [5.74, 6) is 0.145.